The lowest BCUT2D eigenvalue weighted by molar-refractivity contribution is -0.143. The van der Waals surface area contributed by atoms with Crippen molar-refractivity contribution in [1.82, 2.24) is 20.6 Å². The van der Waals surface area contributed by atoms with Gasteiger partial charge in [0, 0.05) is 12.1 Å². The quantitative estimate of drug-likeness (QED) is 0.220. The number of carbonyl (C=O) groups excluding carboxylic acids is 1. The number of H-pyrrole nitrogens is 1. The Bertz CT molecular complexity index is 1440. The van der Waals surface area contributed by atoms with Gasteiger partial charge in [0.25, 0.3) is 0 Å². The largest absolute Gasteiger partial charge is 0.533 e. The molecule has 2 aromatic carbocycles. The number of anilines is 2. The minimum absolute atomic E-state index is 0.0156. The summed E-state index contributed by atoms with van der Waals surface area (Å²) in [6.45, 7) is 3.50. The fourth-order valence-electron chi connectivity index (χ4n) is 4.85. The van der Waals surface area contributed by atoms with Crippen molar-refractivity contribution >= 4 is 17.8 Å². The summed E-state index contributed by atoms with van der Waals surface area (Å²) in [5, 5.41) is 14.0. The SMILES string of the molecule is Cc1cc2c(cc1C(F)(F)F)N(OC(=O)OC(C)C)CCC[C@@H]2N(Cc1cc(C(F)(F)F)cc(C(F)(F)F)c1)c1nnn[nH]1. The number of fused-ring (bicyclic) bond motifs is 1. The standard InChI is InChI=1S/C26H25F9N6O3/c1-13(2)43-23(42)44-41-6-4-5-20(18-7-14(3)19(11-21(18)41)26(33,34)35)40(22-36-38-39-37-22)12-15-8-16(24(27,28)29)10-17(9-15)25(30,31)32/h7-11,13,20H,4-6,12H2,1-3H3,(H,36,37,38,39)/t20-/m0/s1. The summed E-state index contributed by atoms with van der Waals surface area (Å²) < 4.78 is 128. The van der Waals surface area contributed by atoms with Crippen LogP contribution >= 0.6 is 0 Å². The molecule has 1 N–H and O–H groups in total. The van der Waals surface area contributed by atoms with E-state index in [0.29, 0.717) is 12.1 Å². The molecule has 0 spiro atoms. The van der Waals surface area contributed by atoms with Crippen LogP contribution in [-0.2, 0) is 34.6 Å². The van der Waals surface area contributed by atoms with Gasteiger partial charge in [-0.2, -0.15) is 39.5 Å². The Labute approximate surface area is 243 Å². The van der Waals surface area contributed by atoms with Crippen LogP contribution in [0.15, 0.2) is 30.3 Å². The summed E-state index contributed by atoms with van der Waals surface area (Å²) in [6.07, 6.45) is -16.6. The highest BCUT2D eigenvalue weighted by Gasteiger charge is 2.40. The van der Waals surface area contributed by atoms with Gasteiger partial charge in [-0.3, -0.25) is 0 Å². The van der Waals surface area contributed by atoms with Crippen molar-refractivity contribution < 1.29 is 53.9 Å². The number of benzene rings is 2. The zero-order chi connectivity index (χ0) is 32.6. The van der Waals surface area contributed by atoms with Gasteiger partial charge >= 0.3 is 24.7 Å². The van der Waals surface area contributed by atoms with Crippen LogP contribution < -0.4 is 9.96 Å². The Morgan fingerprint density at radius 2 is 1.64 bits per heavy atom. The van der Waals surface area contributed by atoms with Gasteiger partial charge in [-0.15, -0.1) is 0 Å². The summed E-state index contributed by atoms with van der Waals surface area (Å²) >= 11 is 0. The summed E-state index contributed by atoms with van der Waals surface area (Å²) in [5.74, 6) is -0.182. The van der Waals surface area contributed by atoms with E-state index in [0.717, 1.165) is 11.1 Å². The second-order valence-corrected chi connectivity index (χ2v) is 10.3. The van der Waals surface area contributed by atoms with E-state index in [1.165, 1.54) is 31.7 Å². The van der Waals surface area contributed by atoms with Crippen molar-refractivity contribution in [2.24, 2.45) is 0 Å². The Kier molecular flexibility index (Phi) is 8.93. The molecular weight excluding hydrogens is 615 g/mol. The third kappa shape index (κ3) is 7.45. The minimum Gasteiger partial charge on any atom is -0.430 e. The molecule has 18 heteroatoms. The van der Waals surface area contributed by atoms with E-state index in [-0.39, 0.29) is 48.2 Å². The van der Waals surface area contributed by atoms with Gasteiger partial charge in [0.15, 0.2) is 0 Å². The first kappa shape index (κ1) is 32.7. The lowest BCUT2D eigenvalue weighted by Gasteiger charge is -2.33. The van der Waals surface area contributed by atoms with Crippen LogP contribution in [0, 0.1) is 6.92 Å². The molecule has 240 valence electrons. The molecule has 1 aliphatic heterocycles. The summed E-state index contributed by atoms with van der Waals surface area (Å²) in [6, 6.07) is 1.98. The number of aromatic nitrogens is 4. The summed E-state index contributed by atoms with van der Waals surface area (Å²) in [7, 11) is 0. The number of alkyl halides is 9. The molecule has 0 bridgehead atoms. The van der Waals surface area contributed by atoms with Gasteiger partial charge in [-0.1, -0.05) is 11.2 Å². The molecule has 0 radical (unpaired) electrons. The number of hydrogen-bond acceptors (Lipinski definition) is 8. The van der Waals surface area contributed by atoms with Gasteiger partial charge < -0.3 is 14.5 Å². The van der Waals surface area contributed by atoms with Crippen LogP contribution in [0.25, 0.3) is 0 Å². The third-order valence-corrected chi connectivity index (χ3v) is 6.64. The Morgan fingerprint density at radius 1 is 1.00 bits per heavy atom. The normalized spacial score (nSPS) is 16.0. The molecule has 3 aromatic rings. The first-order valence-corrected chi connectivity index (χ1v) is 13.0. The zero-order valence-corrected chi connectivity index (χ0v) is 23.2. The molecule has 1 atom stereocenters. The van der Waals surface area contributed by atoms with E-state index >= 15 is 0 Å². The van der Waals surface area contributed by atoms with Crippen molar-refractivity contribution in [3.63, 3.8) is 0 Å². The second kappa shape index (κ2) is 12.0. The number of ether oxygens (including phenoxy) is 1. The Balaban J connectivity index is 1.87. The first-order valence-electron chi connectivity index (χ1n) is 13.0. The highest BCUT2D eigenvalue weighted by atomic mass is 19.4. The van der Waals surface area contributed by atoms with E-state index in [1.807, 2.05) is 0 Å². The molecule has 0 saturated carbocycles. The molecule has 9 nitrogen and oxygen atoms in total. The van der Waals surface area contributed by atoms with E-state index in [9.17, 15) is 44.3 Å². The van der Waals surface area contributed by atoms with Crippen molar-refractivity contribution in [2.45, 2.75) is 70.8 Å². The molecule has 1 aromatic heterocycles. The molecular formula is C26H25F9N6O3. The van der Waals surface area contributed by atoms with E-state index in [4.69, 9.17) is 9.57 Å². The fraction of sp³-hybridized carbons (Fsp3) is 0.462. The number of aromatic amines is 1. The van der Waals surface area contributed by atoms with Crippen molar-refractivity contribution in [1.29, 1.82) is 0 Å². The van der Waals surface area contributed by atoms with E-state index < -0.39 is 65.6 Å². The number of hydroxylamine groups is 1. The number of hydrogen-bond donors (Lipinski definition) is 1. The number of nitrogens with one attached hydrogen (secondary N) is 1. The maximum atomic E-state index is 13.9. The molecule has 1 aliphatic rings. The van der Waals surface area contributed by atoms with Crippen LogP contribution in [-0.4, -0.2) is 39.4 Å². The number of halogens is 9. The Hall–Kier alpha value is -4.25. The lowest BCUT2D eigenvalue weighted by Crippen LogP contribution is -2.31. The fourth-order valence-corrected chi connectivity index (χ4v) is 4.85. The van der Waals surface area contributed by atoms with Crippen molar-refractivity contribution in [2.75, 3.05) is 16.5 Å². The minimum atomic E-state index is -5.11. The maximum Gasteiger partial charge on any atom is 0.533 e. The zero-order valence-electron chi connectivity index (χ0n) is 23.2. The molecule has 0 unspecified atom stereocenters. The van der Waals surface area contributed by atoms with Crippen LogP contribution in [0.5, 0.6) is 0 Å². The number of carbonyl (C=O) groups is 1. The van der Waals surface area contributed by atoms with Gasteiger partial charge in [-0.25, -0.2) is 15.0 Å². The highest BCUT2D eigenvalue weighted by Crippen LogP contribution is 2.44. The molecule has 0 aliphatic carbocycles. The number of rotatable bonds is 6. The van der Waals surface area contributed by atoms with Gasteiger partial charge in [0.05, 0.1) is 41.1 Å². The monoisotopic (exact) mass is 640 g/mol. The number of tetrazole rings is 1. The van der Waals surface area contributed by atoms with Crippen LogP contribution in [0.2, 0.25) is 0 Å². The average Bonchev–Trinajstić information content (AvgIpc) is 3.36. The van der Waals surface area contributed by atoms with Crippen LogP contribution in [0.1, 0.15) is 66.1 Å². The predicted octanol–water partition coefficient (Wildman–Crippen LogP) is 7.39. The van der Waals surface area contributed by atoms with Gasteiger partial charge in [-0.05, 0) is 79.4 Å². The maximum absolute atomic E-state index is 13.9. The molecule has 0 amide bonds. The molecule has 0 saturated heterocycles. The lowest BCUT2D eigenvalue weighted by atomic mass is 9.94. The van der Waals surface area contributed by atoms with Crippen LogP contribution in [0.3, 0.4) is 0 Å². The summed E-state index contributed by atoms with van der Waals surface area (Å²) in [5.41, 5.74) is -4.91. The van der Waals surface area contributed by atoms with Crippen LogP contribution in [0.4, 0.5) is 55.9 Å². The molecule has 0 fully saturated rings. The molecule has 4 rings (SSSR count). The summed E-state index contributed by atoms with van der Waals surface area (Å²) in [4.78, 5) is 18.8. The Morgan fingerprint density at radius 3 is 2.16 bits per heavy atom. The van der Waals surface area contributed by atoms with E-state index in [2.05, 4.69) is 20.6 Å². The van der Waals surface area contributed by atoms with Crippen molar-refractivity contribution in [3.8, 4) is 0 Å². The first-order chi connectivity index (χ1) is 20.3. The second-order valence-electron chi connectivity index (χ2n) is 10.3. The predicted molar refractivity (Wildman–Crippen MR) is 135 cm³/mol. The third-order valence-electron chi connectivity index (χ3n) is 6.64. The smallest absolute Gasteiger partial charge is 0.430 e. The average molecular weight is 641 g/mol. The number of nitrogens with zero attached hydrogens (tertiary/aromatic N) is 5. The van der Waals surface area contributed by atoms with Gasteiger partial charge in [0.2, 0.25) is 5.95 Å². The van der Waals surface area contributed by atoms with E-state index in [1.54, 1.807) is 0 Å². The van der Waals surface area contributed by atoms with Crippen molar-refractivity contribution in [3.05, 3.63) is 63.7 Å². The molecule has 2 heterocycles. The number of aryl methyl sites for hydroxylation is 1. The topological polar surface area (TPSA) is 96.5 Å². The molecule has 44 heavy (non-hydrogen) atoms. The van der Waals surface area contributed by atoms with Gasteiger partial charge in [0.1, 0.15) is 0 Å². The highest BCUT2D eigenvalue weighted by molar-refractivity contribution is 5.66.